The third kappa shape index (κ3) is 5.69. The molecule has 3 rings (SSSR count). The van der Waals surface area contributed by atoms with Crippen molar-refractivity contribution in [1.29, 1.82) is 0 Å². The van der Waals surface area contributed by atoms with Gasteiger partial charge in [0, 0.05) is 25.0 Å². The molecule has 0 aliphatic carbocycles. The number of nitrogens with one attached hydrogen (secondary N) is 2. The lowest BCUT2D eigenvalue weighted by atomic mass is 9.98. The average Bonchev–Trinajstić information content (AvgIpc) is 2.87. The standard InChI is InChI=1S/C24H29N5O5/c1-5-15(2)22(23(31)26-12-16-6-8-25-9-7-16)28-21(30)13-29-14-27-18-11-20(34-4)19(33-3)10-17(18)24(29)32/h6-11,14-15,22H,5,12-13H2,1-4H3,(H,26,31)(H,28,30)/t15-,22-/m0/s1. The van der Waals surface area contributed by atoms with Crippen LogP contribution in [0.3, 0.4) is 0 Å². The van der Waals surface area contributed by atoms with Gasteiger partial charge in [-0.25, -0.2) is 4.98 Å². The number of hydrogen-bond donors (Lipinski definition) is 2. The first-order valence-corrected chi connectivity index (χ1v) is 10.9. The number of hydrogen-bond acceptors (Lipinski definition) is 7. The summed E-state index contributed by atoms with van der Waals surface area (Å²) in [7, 11) is 2.97. The summed E-state index contributed by atoms with van der Waals surface area (Å²) < 4.78 is 11.7. The van der Waals surface area contributed by atoms with E-state index in [1.165, 1.54) is 31.2 Å². The Kier molecular flexibility index (Phi) is 8.18. The van der Waals surface area contributed by atoms with E-state index in [9.17, 15) is 14.4 Å². The molecule has 2 aromatic heterocycles. The maximum absolute atomic E-state index is 13.0. The topological polar surface area (TPSA) is 124 Å². The highest BCUT2D eigenvalue weighted by molar-refractivity contribution is 5.88. The van der Waals surface area contributed by atoms with Gasteiger partial charge in [0.25, 0.3) is 5.56 Å². The Morgan fingerprint density at radius 3 is 2.44 bits per heavy atom. The zero-order chi connectivity index (χ0) is 24.7. The summed E-state index contributed by atoms with van der Waals surface area (Å²) in [6, 6.07) is 6.01. The van der Waals surface area contributed by atoms with E-state index in [2.05, 4.69) is 20.6 Å². The van der Waals surface area contributed by atoms with Crippen molar-refractivity contribution >= 4 is 22.7 Å². The highest BCUT2D eigenvalue weighted by Crippen LogP contribution is 2.29. The van der Waals surface area contributed by atoms with E-state index in [4.69, 9.17) is 9.47 Å². The molecule has 3 aromatic rings. The lowest BCUT2D eigenvalue weighted by molar-refractivity contribution is -0.130. The molecule has 0 fully saturated rings. The Labute approximate surface area is 197 Å². The molecule has 34 heavy (non-hydrogen) atoms. The number of ether oxygens (including phenoxy) is 2. The zero-order valence-electron chi connectivity index (χ0n) is 19.7. The number of nitrogens with zero attached hydrogens (tertiary/aromatic N) is 3. The van der Waals surface area contributed by atoms with Gasteiger partial charge in [-0.3, -0.25) is 23.9 Å². The highest BCUT2D eigenvalue weighted by Gasteiger charge is 2.26. The third-order valence-corrected chi connectivity index (χ3v) is 5.67. The van der Waals surface area contributed by atoms with E-state index < -0.39 is 17.5 Å². The SMILES string of the molecule is CC[C@H](C)[C@H](NC(=O)Cn1cnc2cc(OC)c(OC)cc2c1=O)C(=O)NCc1ccncc1. The maximum atomic E-state index is 13.0. The fraction of sp³-hybridized carbons (Fsp3) is 0.375. The molecule has 2 N–H and O–H groups in total. The van der Waals surface area contributed by atoms with Crippen LogP contribution in [0.5, 0.6) is 11.5 Å². The monoisotopic (exact) mass is 467 g/mol. The fourth-order valence-electron chi connectivity index (χ4n) is 3.47. The first-order chi connectivity index (χ1) is 16.4. The summed E-state index contributed by atoms with van der Waals surface area (Å²) in [5, 5.41) is 5.92. The van der Waals surface area contributed by atoms with Crippen LogP contribution in [-0.2, 0) is 22.7 Å². The van der Waals surface area contributed by atoms with Crippen LogP contribution in [-0.4, -0.2) is 46.6 Å². The smallest absolute Gasteiger partial charge is 0.261 e. The van der Waals surface area contributed by atoms with Crippen LogP contribution >= 0.6 is 0 Å². The molecule has 0 radical (unpaired) electrons. The van der Waals surface area contributed by atoms with Gasteiger partial charge in [0.05, 0.1) is 31.4 Å². The first kappa shape index (κ1) is 24.7. The fourth-order valence-corrected chi connectivity index (χ4v) is 3.47. The number of methoxy groups -OCH3 is 2. The van der Waals surface area contributed by atoms with Crippen molar-refractivity contribution in [1.82, 2.24) is 25.2 Å². The molecular weight excluding hydrogens is 438 g/mol. The van der Waals surface area contributed by atoms with E-state index in [0.29, 0.717) is 35.4 Å². The second-order valence-electron chi connectivity index (χ2n) is 7.91. The van der Waals surface area contributed by atoms with Crippen molar-refractivity contribution in [2.75, 3.05) is 14.2 Å². The Hall–Kier alpha value is -3.95. The van der Waals surface area contributed by atoms with Crippen LogP contribution in [0, 0.1) is 5.92 Å². The van der Waals surface area contributed by atoms with Gasteiger partial charge in [-0.1, -0.05) is 20.3 Å². The van der Waals surface area contributed by atoms with Crippen LogP contribution < -0.4 is 25.7 Å². The molecule has 2 atom stereocenters. The Balaban J connectivity index is 1.75. The maximum Gasteiger partial charge on any atom is 0.261 e. The van der Waals surface area contributed by atoms with Crippen LogP contribution in [0.15, 0.2) is 47.8 Å². The number of amides is 2. The Bertz CT molecular complexity index is 1210. The summed E-state index contributed by atoms with van der Waals surface area (Å²) in [6.07, 6.45) is 5.29. The number of rotatable bonds is 10. The number of pyridine rings is 1. The molecule has 0 aliphatic heterocycles. The van der Waals surface area contributed by atoms with Crippen LogP contribution in [0.2, 0.25) is 0 Å². The minimum absolute atomic E-state index is 0.107. The summed E-state index contributed by atoms with van der Waals surface area (Å²) in [5.41, 5.74) is 0.925. The molecule has 0 saturated heterocycles. The minimum Gasteiger partial charge on any atom is -0.493 e. The molecule has 0 spiro atoms. The summed E-state index contributed by atoms with van der Waals surface area (Å²) in [4.78, 5) is 46.8. The normalized spacial score (nSPS) is 12.6. The van der Waals surface area contributed by atoms with Crippen molar-refractivity contribution in [3.8, 4) is 11.5 Å². The van der Waals surface area contributed by atoms with Crippen LogP contribution in [0.25, 0.3) is 10.9 Å². The van der Waals surface area contributed by atoms with Crippen LogP contribution in [0.4, 0.5) is 0 Å². The van der Waals surface area contributed by atoms with E-state index in [1.54, 1.807) is 30.6 Å². The predicted molar refractivity (Wildman–Crippen MR) is 127 cm³/mol. The first-order valence-electron chi connectivity index (χ1n) is 10.9. The summed E-state index contributed by atoms with van der Waals surface area (Å²) in [5.74, 6) is -0.0247. The van der Waals surface area contributed by atoms with Gasteiger partial charge in [-0.05, 0) is 29.7 Å². The van der Waals surface area contributed by atoms with Crippen molar-refractivity contribution < 1.29 is 19.1 Å². The number of carbonyl (C=O) groups is 2. The van der Waals surface area contributed by atoms with Crippen molar-refractivity contribution in [2.24, 2.45) is 5.92 Å². The van der Waals surface area contributed by atoms with E-state index in [0.717, 1.165) is 5.56 Å². The van der Waals surface area contributed by atoms with Gasteiger partial charge in [0.15, 0.2) is 11.5 Å². The molecule has 180 valence electrons. The largest absolute Gasteiger partial charge is 0.493 e. The van der Waals surface area contributed by atoms with Crippen LogP contribution in [0.1, 0.15) is 25.8 Å². The highest BCUT2D eigenvalue weighted by atomic mass is 16.5. The zero-order valence-corrected chi connectivity index (χ0v) is 19.7. The number of benzene rings is 1. The lowest BCUT2D eigenvalue weighted by Crippen LogP contribution is -2.51. The Morgan fingerprint density at radius 1 is 1.12 bits per heavy atom. The molecule has 1 aromatic carbocycles. The van der Waals surface area contributed by atoms with E-state index >= 15 is 0 Å². The predicted octanol–water partition coefficient (Wildman–Crippen LogP) is 1.66. The molecule has 10 heteroatoms. The van der Waals surface area contributed by atoms with Crippen molar-refractivity contribution in [3.05, 3.63) is 58.9 Å². The van der Waals surface area contributed by atoms with Crippen molar-refractivity contribution in [3.63, 3.8) is 0 Å². The summed E-state index contributed by atoms with van der Waals surface area (Å²) >= 11 is 0. The molecule has 0 aliphatic rings. The summed E-state index contributed by atoms with van der Waals surface area (Å²) in [6.45, 7) is 3.88. The number of fused-ring (bicyclic) bond motifs is 1. The van der Waals surface area contributed by atoms with Gasteiger partial charge >= 0.3 is 0 Å². The second-order valence-corrected chi connectivity index (χ2v) is 7.91. The van der Waals surface area contributed by atoms with Gasteiger partial charge < -0.3 is 20.1 Å². The molecule has 0 bridgehead atoms. The molecule has 10 nitrogen and oxygen atoms in total. The Morgan fingerprint density at radius 2 is 1.79 bits per heavy atom. The van der Waals surface area contributed by atoms with E-state index in [-0.39, 0.29) is 18.4 Å². The molecule has 2 amide bonds. The number of carbonyl (C=O) groups excluding carboxylic acids is 2. The molecule has 0 unspecified atom stereocenters. The average molecular weight is 468 g/mol. The minimum atomic E-state index is -0.743. The quantitative estimate of drug-likeness (QED) is 0.465. The second kappa shape index (κ2) is 11.3. The molecule has 0 saturated carbocycles. The lowest BCUT2D eigenvalue weighted by Gasteiger charge is -2.23. The molecular formula is C24H29N5O5. The number of aromatic nitrogens is 3. The van der Waals surface area contributed by atoms with Gasteiger partial charge in [-0.15, -0.1) is 0 Å². The van der Waals surface area contributed by atoms with E-state index in [1.807, 2.05) is 13.8 Å². The van der Waals surface area contributed by atoms with Gasteiger partial charge in [0.2, 0.25) is 11.8 Å². The van der Waals surface area contributed by atoms with Gasteiger partial charge in [0.1, 0.15) is 12.6 Å². The van der Waals surface area contributed by atoms with Crippen molar-refractivity contribution in [2.45, 2.75) is 39.4 Å². The van der Waals surface area contributed by atoms with Gasteiger partial charge in [-0.2, -0.15) is 0 Å². The third-order valence-electron chi connectivity index (χ3n) is 5.67. The molecule has 2 heterocycles.